The average molecular weight is 564 g/mol. The fraction of sp³-hybridized carbons (Fsp3) is 0.500. The van der Waals surface area contributed by atoms with Crippen LogP contribution in [0.4, 0.5) is 0 Å². The van der Waals surface area contributed by atoms with E-state index in [1.807, 2.05) is 30.3 Å². The van der Waals surface area contributed by atoms with Crippen molar-refractivity contribution >= 4 is 35.1 Å². The molecule has 0 saturated heterocycles. The van der Waals surface area contributed by atoms with E-state index < -0.39 is 11.6 Å². The Morgan fingerprint density at radius 2 is 1.73 bits per heavy atom. The second-order valence-electron chi connectivity index (χ2n) is 12.5. The zero-order valence-electron chi connectivity index (χ0n) is 23.5. The molecule has 1 heterocycles. The minimum absolute atomic E-state index is 0.0726. The Labute approximate surface area is 241 Å². The monoisotopic (exact) mass is 563 g/mol. The Morgan fingerprint density at radius 3 is 2.30 bits per heavy atom. The number of carboxylic acids is 1. The molecule has 2 N–H and O–H groups in total. The Kier molecular flexibility index (Phi) is 7.79. The number of hydrogen-bond acceptors (Lipinski definition) is 4. The van der Waals surface area contributed by atoms with E-state index in [4.69, 9.17) is 21.7 Å². The highest BCUT2D eigenvalue weighted by molar-refractivity contribution is 6.50. The third-order valence-electron chi connectivity index (χ3n) is 8.82. The van der Waals surface area contributed by atoms with Crippen molar-refractivity contribution in [2.45, 2.75) is 77.4 Å². The summed E-state index contributed by atoms with van der Waals surface area (Å²) in [5.41, 5.74) is 2.15. The molecular formula is C32H38ClN3O4. The highest BCUT2D eigenvalue weighted by Crippen LogP contribution is 2.54. The molecule has 0 aromatic heterocycles. The molecule has 2 saturated carbocycles. The van der Waals surface area contributed by atoms with Gasteiger partial charge in [-0.2, -0.15) is 0 Å². The van der Waals surface area contributed by atoms with Crippen molar-refractivity contribution < 1.29 is 19.5 Å². The predicted octanol–water partition coefficient (Wildman–Crippen LogP) is 6.26. The number of aliphatic carboxylic acids is 1. The quantitative estimate of drug-likeness (QED) is 0.396. The second kappa shape index (κ2) is 11.0. The lowest BCUT2D eigenvalue weighted by molar-refractivity contribution is -0.137. The number of nitrogens with one attached hydrogen (secondary N) is 1. The molecule has 1 aliphatic heterocycles. The highest BCUT2D eigenvalue weighted by Gasteiger charge is 2.55. The van der Waals surface area contributed by atoms with E-state index in [0.717, 1.165) is 44.1 Å². The number of benzene rings is 2. The number of aliphatic imine (C=N–C) groups is 1. The van der Waals surface area contributed by atoms with Crippen LogP contribution in [0.2, 0.25) is 5.02 Å². The van der Waals surface area contributed by atoms with Crippen LogP contribution in [0.15, 0.2) is 53.5 Å². The zero-order valence-corrected chi connectivity index (χ0v) is 24.2. The molecule has 0 bridgehead atoms. The van der Waals surface area contributed by atoms with E-state index in [2.05, 4.69) is 31.0 Å². The first kappa shape index (κ1) is 28.3. The van der Waals surface area contributed by atoms with Gasteiger partial charge in [-0.05, 0) is 79.5 Å². The van der Waals surface area contributed by atoms with Crippen LogP contribution in [0.1, 0.15) is 93.2 Å². The van der Waals surface area contributed by atoms with Gasteiger partial charge in [-0.15, -0.1) is 0 Å². The van der Waals surface area contributed by atoms with Crippen molar-refractivity contribution in [1.29, 1.82) is 0 Å². The summed E-state index contributed by atoms with van der Waals surface area (Å²) in [6.07, 6.45) is 5.56. The molecule has 2 aromatic carbocycles. The lowest BCUT2D eigenvalue weighted by Gasteiger charge is -2.47. The third-order valence-corrected chi connectivity index (χ3v) is 9.14. The largest absolute Gasteiger partial charge is 0.481 e. The Bertz CT molecular complexity index is 1320. The number of carbonyl (C=O) groups is 3. The summed E-state index contributed by atoms with van der Waals surface area (Å²) >= 11 is 6.58. The molecule has 7 nitrogen and oxygen atoms in total. The minimum atomic E-state index is -0.956. The summed E-state index contributed by atoms with van der Waals surface area (Å²) in [7, 11) is 0. The summed E-state index contributed by atoms with van der Waals surface area (Å²) in [5, 5.41) is 12.0. The molecule has 1 atom stereocenters. The molecule has 3 aliphatic rings. The molecule has 2 aromatic rings. The van der Waals surface area contributed by atoms with Crippen LogP contribution in [0, 0.1) is 17.3 Å². The Balaban J connectivity index is 1.47. The second-order valence-corrected chi connectivity index (χ2v) is 12.9. The molecule has 1 spiro atoms. The van der Waals surface area contributed by atoms with Gasteiger partial charge in [0, 0.05) is 17.7 Å². The van der Waals surface area contributed by atoms with Crippen LogP contribution in [-0.4, -0.2) is 45.7 Å². The predicted molar refractivity (Wildman–Crippen MR) is 155 cm³/mol. The summed E-state index contributed by atoms with van der Waals surface area (Å²) in [5.74, 6) is -0.448. The van der Waals surface area contributed by atoms with E-state index in [-0.39, 0.29) is 36.2 Å². The fourth-order valence-electron chi connectivity index (χ4n) is 6.39. The molecule has 5 rings (SSSR count). The van der Waals surface area contributed by atoms with Gasteiger partial charge in [-0.1, -0.05) is 62.7 Å². The van der Waals surface area contributed by atoms with Crippen LogP contribution >= 0.6 is 11.6 Å². The first-order chi connectivity index (χ1) is 19.0. The van der Waals surface area contributed by atoms with Gasteiger partial charge < -0.3 is 15.3 Å². The van der Waals surface area contributed by atoms with Gasteiger partial charge >= 0.3 is 5.97 Å². The molecule has 8 heteroatoms. The van der Waals surface area contributed by atoms with Crippen molar-refractivity contribution in [1.82, 2.24) is 10.2 Å². The van der Waals surface area contributed by atoms with Crippen molar-refractivity contribution in [3.63, 3.8) is 0 Å². The standard InChI is InChI=1S/C32H38ClN3O4/c1-31(2,3)23-14-17-32(18-15-23)35-27(24-6-4-5-7-25(24)33)30(40)36(32)28(20-8-9-20)21-10-12-22(13-11-21)29(39)34-19-16-26(37)38/h4-7,10-13,20,23,28H,8-9,14-19H2,1-3H3,(H,34,39)(H,37,38)/t23?,28-,32?/m1/s1. The summed E-state index contributed by atoms with van der Waals surface area (Å²) < 4.78 is 0. The lowest BCUT2D eigenvalue weighted by atomic mass is 9.69. The number of rotatable bonds is 8. The molecule has 212 valence electrons. The molecule has 2 aliphatic carbocycles. The lowest BCUT2D eigenvalue weighted by Crippen LogP contribution is -2.52. The van der Waals surface area contributed by atoms with Gasteiger partial charge in [0.05, 0.1) is 17.5 Å². The van der Waals surface area contributed by atoms with Crippen LogP contribution < -0.4 is 5.32 Å². The molecule has 2 fully saturated rings. The minimum Gasteiger partial charge on any atom is -0.481 e. The number of carbonyl (C=O) groups excluding carboxylic acids is 2. The average Bonchev–Trinajstić information content (AvgIpc) is 3.71. The number of carboxylic acid groups (broad SMARTS) is 1. The number of nitrogens with zero attached hydrogens (tertiary/aromatic N) is 2. The first-order valence-corrected chi connectivity index (χ1v) is 14.7. The molecule has 2 amide bonds. The Hall–Kier alpha value is -3.19. The van der Waals surface area contributed by atoms with Crippen LogP contribution in [0.25, 0.3) is 0 Å². The van der Waals surface area contributed by atoms with Gasteiger partial charge in [0.1, 0.15) is 11.4 Å². The Morgan fingerprint density at radius 1 is 1.07 bits per heavy atom. The van der Waals surface area contributed by atoms with E-state index >= 15 is 0 Å². The summed E-state index contributed by atoms with van der Waals surface area (Å²) in [6, 6.07) is 14.7. The first-order valence-electron chi connectivity index (χ1n) is 14.3. The third kappa shape index (κ3) is 5.67. The van der Waals surface area contributed by atoms with Crippen LogP contribution in [0.3, 0.4) is 0 Å². The normalized spacial score (nSPS) is 23.7. The smallest absolute Gasteiger partial charge is 0.305 e. The number of hydrogen-bond donors (Lipinski definition) is 2. The van der Waals surface area contributed by atoms with E-state index in [9.17, 15) is 14.4 Å². The highest BCUT2D eigenvalue weighted by atomic mass is 35.5. The van der Waals surface area contributed by atoms with Gasteiger partial charge in [-0.25, -0.2) is 0 Å². The summed E-state index contributed by atoms with van der Waals surface area (Å²) in [6.45, 7) is 6.94. The van der Waals surface area contributed by atoms with Gasteiger partial charge in [-0.3, -0.25) is 19.4 Å². The fourth-order valence-corrected chi connectivity index (χ4v) is 6.61. The SMILES string of the molecule is CC(C)(C)C1CCC2(CC1)N=C(c1ccccc1Cl)C(=O)N2[C@@H](c1ccc(C(=O)NCCC(=O)O)cc1)C1CC1. The topological polar surface area (TPSA) is 99.1 Å². The maximum atomic E-state index is 14.3. The van der Waals surface area contributed by atoms with E-state index in [0.29, 0.717) is 33.7 Å². The maximum Gasteiger partial charge on any atom is 0.305 e. The van der Waals surface area contributed by atoms with Gasteiger partial charge in [0.2, 0.25) is 0 Å². The molecular weight excluding hydrogens is 526 g/mol. The van der Waals surface area contributed by atoms with Gasteiger partial charge in [0.25, 0.3) is 11.8 Å². The maximum absolute atomic E-state index is 14.3. The summed E-state index contributed by atoms with van der Waals surface area (Å²) in [4.78, 5) is 45.0. The van der Waals surface area contributed by atoms with E-state index in [1.165, 1.54) is 0 Å². The number of amides is 2. The molecule has 40 heavy (non-hydrogen) atoms. The van der Waals surface area contributed by atoms with Gasteiger partial charge in [0.15, 0.2) is 0 Å². The molecule has 0 unspecified atom stereocenters. The van der Waals surface area contributed by atoms with E-state index in [1.54, 1.807) is 18.2 Å². The van der Waals surface area contributed by atoms with Crippen molar-refractivity contribution in [3.05, 3.63) is 70.2 Å². The molecule has 0 radical (unpaired) electrons. The van der Waals surface area contributed by atoms with Crippen LogP contribution in [0.5, 0.6) is 0 Å². The van der Waals surface area contributed by atoms with Crippen molar-refractivity contribution in [3.8, 4) is 0 Å². The van der Waals surface area contributed by atoms with Crippen LogP contribution in [-0.2, 0) is 9.59 Å². The van der Waals surface area contributed by atoms with Crippen molar-refractivity contribution in [2.24, 2.45) is 22.2 Å². The zero-order chi connectivity index (χ0) is 28.7. The number of halogens is 1. The van der Waals surface area contributed by atoms with Crippen molar-refractivity contribution in [2.75, 3.05) is 6.54 Å².